The van der Waals surface area contributed by atoms with Crippen molar-refractivity contribution < 1.29 is 23.8 Å². The molecule has 4 N–H and O–H groups in total. The van der Waals surface area contributed by atoms with Crippen molar-refractivity contribution in [3.63, 3.8) is 0 Å². The van der Waals surface area contributed by atoms with Crippen LogP contribution in [0, 0.1) is 11.3 Å². The molecule has 2 aromatic carbocycles. The number of halogens is 1. The van der Waals surface area contributed by atoms with E-state index in [1.54, 1.807) is 0 Å². The number of amidine groups is 1. The number of carbonyl (C=O) groups excluding carboxylic acids is 2. The van der Waals surface area contributed by atoms with Crippen LogP contribution < -0.4 is 15.8 Å². The lowest BCUT2D eigenvalue weighted by Gasteiger charge is -2.13. The summed E-state index contributed by atoms with van der Waals surface area (Å²) in [5, 5.41) is 10.4. The van der Waals surface area contributed by atoms with Gasteiger partial charge >= 0.3 is 5.97 Å². The minimum absolute atomic E-state index is 0. The topological polar surface area (TPSA) is 124 Å². The van der Waals surface area contributed by atoms with Crippen LogP contribution >= 0.6 is 12.4 Å². The van der Waals surface area contributed by atoms with E-state index >= 15 is 0 Å². The fraction of sp³-hybridized carbons (Fsp3) is 0.400. The van der Waals surface area contributed by atoms with E-state index in [1.807, 2.05) is 48.5 Å². The third kappa shape index (κ3) is 6.71. The van der Waals surface area contributed by atoms with Crippen LogP contribution in [0.15, 0.2) is 48.5 Å². The Balaban J connectivity index is 0.00000324. The molecule has 2 saturated heterocycles. The Labute approximate surface area is 205 Å². The lowest BCUT2D eigenvalue weighted by molar-refractivity contribution is -0.149. The standard InChI is InChI=1S/C25H29N3O5.ClH/c26-24(27)18-5-3-16(4-6-18)17-7-9-21(10-8-17)32-14-20-12-19(25(30)28-20)13-23(29)33-15-22-2-1-11-31-22;/h3-10,19-20,22H,1-2,11-15H2,(H3,26,27)(H,28,30);1H/t19-,20-,22?;/m0./s1. The second kappa shape index (κ2) is 11.9. The van der Waals surface area contributed by atoms with Gasteiger partial charge in [-0.25, -0.2) is 0 Å². The Kier molecular flexibility index (Phi) is 8.90. The molecule has 2 aliphatic rings. The molecule has 182 valence electrons. The average Bonchev–Trinajstić information content (AvgIpc) is 3.46. The number of nitrogens with one attached hydrogen (secondary N) is 2. The minimum Gasteiger partial charge on any atom is -0.491 e. The molecule has 4 rings (SSSR count). The number of nitrogen functional groups attached to an aromatic ring is 1. The maximum Gasteiger partial charge on any atom is 0.306 e. The van der Waals surface area contributed by atoms with Crippen LogP contribution in [0.1, 0.15) is 31.2 Å². The van der Waals surface area contributed by atoms with Crippen LogP contribution in [-0.4, -0.2) is 49.7 Å². The van der Waals surface area contributed by atoms with Crippen molar-refractivity contribution in [3.8, 4) is 16.9 Å². The first-order valence-corrected chi connectivity index (χ1v) is 11.2. The van der Waals surface area contributed by atoms with Crippen LogP contribution in [0.3, 0.4) is 0 Å². The van der Waals surface area contributed by atoms with Gasteiger partial charge in [0, 0.05) is 12.2 Å². The second-order valence-corrected chi connectivity index (χ2v) is 8.49. The van der Waals surface area contributed by atoms with Gasteiger partial charge in [-0.1, -0.05) is 36.4 Å². The molecule has 1 amide bonds. The molecule has 0 spiro atoms. The van der Waals surface area contributed by atoms with Crippen molar-refractivity contribution in [1.29, 1.82) is 5.41 Å². The molecule has 0 saturated carbocycles. The van der Waals surface area contributed by atoms with E-state index in [1.165, 1.54) is 0 Å². The van der Waals surface area contributed by atoms with Crippen LogP contribution in [0.25, 0.3) is 11.1 Å². The van der Waals surface area contributed by atoms with E-state index in [0.717, 1.165) is 24.0 Å². The highest BCUT2D eigenvalue weighted by Crippen LogP contribution is 2.25. The summed E-state index contributed by atoms with van der Waals surface area (Å²) in [6.07, 6.45) is 2.50. The fourth-order valence-corrected chi connectivity index (χ4v) is 4.12. The molecule has 0 radical (unpaired) electrons. The van der Waals surface area contributed by atoms with Gasteiger partial charge in [0.1, 0.15) is 24.8 Å². The Bertz CT molecular complexity index is 991. The van der Waals surface area contributed by atoms with Crippen LogP contribution in [-0.2, 0) is 19.1 Å². The number of nitrogens with two attached hydrogens (primary N) is 1. The second-order valence-electron chi connectivity index (χ2n) is 8.49. The highest BCUT2D eigenvalue weighted by atomic mass is 35.5. The van der Waals surface area contributed by atoms with E-state index in [4.69, 9.17) is 25.4 Å². The van der Waals surface area contributed by atoms with Gasteiger partial charge in [0.2, 0.25) is 5.91 Å². The Hall–Kier alpha value is -3.10. The van der Waals surface area contributed by atoms with E-state index in [0.29, 0.717) is 30.9 Å². The first kappa shape index (κ1) is 25.5. The normalized spacial score (nSPS) is 21.4. The predicted octanol–water partition coefficient (Wildman–Crippen LogP) is 3.06. The monoisotopic (exact) mass is 487 g/mol. The van der Waals surface area contributed by atoms with Crippen molar-refractivity contribution in [3.05, 3.63) is 54.1 Å². The zero-order valence-electron chi connectivity index (χ0n) is 18.8. The van der Waals surface area contributed by atoms with Crippen LogP contribution in [0.2, 0.25) is 0 Å². The molecule has 34 heavy (non-hydrogen) atoms. The molecule has 0 aromatic heterocycles. The summed E-state index contributed by atoms with van der Waals surface area (Å²) in [5.74, 6) is -0.146. The van der Waals surface area contributed by atoms with Crippen molar-refractivity contribution in [2.45, 2.75) is 37.8 Å². The average molecular weight is 488 g/mol. The molecule has 8 nitrogen and oxygen atoms in total. The molecule has 2 aliphatic heterocycles. The quantitative estimate of drug-likeness (QED) is 0.284. The number of hydrogen-bond acceptors (Lipinski definition) is 6. The summed E-state index contributed by atoms with van der Waals surface area (Å²) in [4.78, 5) is 24.3. The van der Waals surface area contributed by atoms with Crippen LogP contribution in [0.4, 0.5) is 0 Å². The molecule has 2 aromatic rings. The van der Waals surface area contributed by atoms with Gasteiger partial charge in [-0.05, 0) is 42.5 Å². The van der Waals surface area contributed by atoms with Gasteiger partial charge in [-0.3, -0.25) is 15.0 Å². The number of carbonyl (C=O) groups is 2. The van der Waals surface area contributed by atoms with Crippen molar-refractivity contribution in [2.75, 3.05) is 19.8 Å². The Morgan fingerprint density at radius 3 is 2.38 bits per heavy atom. The van der Waals surface area contributed by atoms with Crippen molar-refractivity contribution in [2.24, 2.45) is 11.7 Å². The summed E-state index contributed by atoms with van der Waals surface area (Å²) >= 11 is 0. The Morgan fingerprint density at radius 1 is 1.09 bits per heavy atom. The Morgan fingerprint density at radius 2 is 1.76 bits per heavy atom. The SMILES string of the molecule is Cl.N=C(N)c1ccc(-c2ccc(OC[C@@H]3C[C@@H](CC(=O)OCC4CCCO4)C(=O)N3)cc2)cc1. The molecular formula is C25H30ClN3O5. The molecule has 0 aliphatic carbocycles. The van der Waals surface area contributed by atoms with E-state index < -0.39 is 5.92 Å². The van der Waals surface area contributed by atoms with E-state index in [2.05, 4.69) is 5.32 Å². The van der Waals surface area contributed by atoms with Crippen molar-refractivity contribution >= 4 is 30.1 Å². The minimum atomic E-state index is -0.393. The number of benzene rings is 2. The van der Waals surface area contributed by atoms with Gasteiger partial charge < -0.3 is 25.3 Å². The van der Waals surface area contributed by atoms with Gasteiger partial charge in [0.25, 0.3) is 0 Å². The summed E-state index contributed by atoms with van der Waals surface area (Å²) in [7, 11) is 0. The van der Waals surface area contributed by atoms with E-state index in [9.17, 15) is 9.59 Å². The van der Waals surface area contributed by atoms with E-state index in [-0.39, 0.29) is 55.3 Å². The molecule has 0 bridgehead atoms. The molecule has 9 heteroatoms. The van der Waals surface area contributed by atoms with Crippen LogP contribution in [0.5, 0.6) is 5.75 Å². The third-order valence-electron chi connectivity index (χ3n) is 5.99. The molecule has 3 atom stereocenters. The summed E-state index contributed by atoms with van der Waals surface area (Å²) in [6.45, 7) is 1.31. The zero-order chi connectivity index (χ0) is 23.2. The lowest BCUT2D eigenvalue weighted by atomic mass is 10.0. The zero-order valence-corrected chi connectivity index (χ0v) is 19.6. The highest BCUT2D eigenvalue weighted by Gasteiger charge is 2.34. The van der Waals surface area contributed by atoms with Gasteiger partial charge in [-0.2, -0.15) is 0 Å². The van der Waals surface area contributed by atoms with Gasteiger partial charge in [-0.15, -0.1) is 12.4 Å². The number of rotatable bonds is 9. The highest BCUT2D eigenvalue weighted by molar-refractivity contribution is 5.95. The van der Waals surface area contributed by atoms with Crippen molar-refractivity contribution in [1.82, 2.24) is 5.32 Å². The summed E-state index contributed by atoms with van der Waals surface area (Å²) in [5.41, 5.74) is 8.22. The number of hydrogen-bond donors (Lipinski definition) is 3. The third-order valence-corrected chi connectivity index (χ3v) is 5.99. The molecular weight excluding hydrogens is 458 g/mol. The number of ether oxygens (including phenoxy) is 3. The summed E-state index contributed by atoms with van der Waals surface area (Å²) < 4.78 is 16.6. The summed E-state index contributed by atoms with van der Waals surface area (Å²) in [6, 6.07) is 15.0. The van der Waals surface area contributed by atoms with Gasteiger partial charge in [0.05, 0.1) is 24.5 Å². The molecule has 1 unspecified atom stereocenters. The number of esters is 1. The lowest BCUT2D eigenvalue weighted by Crippen LogP contribution is -2.31. The first-order valence-electron chi connectivity index (χ1n) is 11.2. The number of amides is 1. The fourth-order valence-electron chi connectivity index (χ4n) is 4.12. The smallest absolute Gasteiger partial charge is 0.306 e. The molecule has 2 heterocycles. The first-order chi connectivity index (χ1) is 16.0. The maximum absolute atomic E-state index is 12.2. The molecule has 2 fully saturated rings. The maximum atomic E-state index is 12.2. The predicted molar refractivity (Wildman–Crippen MR) is 130 cm³/mol. The largest absolute Gasteiger partial charge is 0.491 e. The van der Waals surface area contributed by atoms with Gasteiger partial charge in [0.15, 0.2) is 0 Å².